The fourth-order valence-electron chi connectivity index (χ4n) is 3.43. The Morgan fingerprint density at radius 2 is 1.87 bits per heavy atom. The van der Waals surface area contributed by atoms with Gasteiger partial charge in [0.05, 0.1) is 37.4 Å². The SMILES string of the molecule is Cc1ccc(C=NNC(=O)c2cc(OCCCCF)ccc2NC(=O)c2cccc(CSCCO)c2)cc1. The number of nitrogens with zero attached hydrogens (tertiary/aromatic N) is 1. The van der Waals surface area contributed by atoms with Crippen molar-refractivity contribution in [2.75, 3.05) is 31.0 Å². The molecule has 0 unspecified atom stereocenters. The number of anilines is 1. The minimum atomic E-state index is -0.521. The van der Waals surface area contributed by atoms with Crippen LogP contribution in [0.15, 0.2) is 71.8 Å². The van der Waals surface area contributed by atoms with Crippen molar-refractivity contribution in [1.29, 1.82) is 0 Å². The summed E-state index contributed by atoms with van der Waals surface area (Å²) in [5.41, 5.74) is 6.33. The fraction of sp³-hybridized carbons (Fsp3) is 0.276. The summed E-state index contributed by atoms with van der Waals surface area (Å²) >= 11 is 1.57. The zero-order valence-corrected chi connectivity index (χ0v) is 22.1. The van der Waals surface area contributed by atoms with Crippen LogP contribution in [0.3, 0.4) is 0 Å². The first kappa shape index (κ1) is 28.9. The topological polar surface area (TPSA) is 100 Å². The van der Waals surface area contributed by atoms with Gasteiger partial charge in [0, 0.05) is 17.1 Å². The van der Waals surface area contributed by atoms with Crippen molar-refractivity contribution in [3.8, 4) is 5.75 Å². The van der Waals surface area contributed by atoms with Gasteiger partial charge in [-0.15, -0.1) is 0 Å². The summed E-state index contributed by atoms with van der Waals surface area (Å²) in [5.74, 6) is 0.823. The number of hydrogen-bond acceptors (Lipinski definition) is 6. The Labute approximate surface area is 226 Å². The van der Waals surface area contributed by atoms with Gasteiger partial charge in [-0.25, -0.2) is 5.43 Å². The molecule has 3 aromatic rings. The number of aliphatic hydroxyl groups is 1. The highest BCUT2D eigenvalue weighted by Gasteiger charge is 2.16. The molecule has 0 aliphatic rings. The number of unbranched alkanes of at least 4 members (excludes halogenated alkanes) is 1. The Bertz CT molecular complexity index is 1230. The van der Waals surface area contributed by atoms with Crippen molar-refractivity contribution in [3.63, 3.8) is 0 Å². The van der Waals surface area contributed by atoms with Crippen LogP contribution in [0.4, 0.5) is 10.1 Å². The Morgan fingerprint density at radius 3 is 2.63 bits per heavy atom. The quantitative estimate of drug-likeness (QED) is 0.146. The van der Waals surface area contributed by atoms with Gasteiger partial charge in [0.2, 0.25) is 0 Å². The van der Waals surface area contributed by atoms with Gasteiger partial charge in [-0.1, -0.05) is 42.0 Å². The van der Waals surface area contributed by atoms with Gasteiger partial charge in [-0.3, -0.25) is 14.0 Å². The zero-order chi connectivity index (χ0) is 27.2. The van der Waals surface area contributed by atoms with Gasteiger partial charge in [0.15, 0.2) is 0 Å². The van der Waals surface area contributed by atoms with Crippen molar-refractivity contribution >= 4 is 35.5 Å². The van der Waals surface area contributed by atoms with Crippen LogP contribution in [-0.4, -0.2) is 48.8 Å². The number of hydrazone groups is 1. The molecule has 200 valence electrons. The van der Waals surface area contributed by atoms with Crippen molar-refractivity contribution in [3.05, 3.63) is 94.5 Å². The first-order valence-corrected chi connectivity index (χ1v) is 13.5. The maximum absolute atomic E-state index is 13.1. The molecule has 0 aromatic heterocycles. The molecule has 2 amide bonds. The predicted octanol–water partition coefficient (Wildman–Crippen LogP) is 5.37. The van der Waals surface area contributed by atoms with E-state index >= 15 is 0 Å². The highest BCUT2D eigenvalue weighted by atomic mass is 32.2. The van der Waals surface area contributed by atoms with Crippen LogP contribution in [0.2, 0.25) is 0 Å². The van der Waals surface area contributed by atoms with E-state index in [4.69, 9.17) is 9.84 Å². The molecule has 0 spiro atoms. The number of hydrogen-bond donors (Lipinski definition) is 3. The number of carbonyl (C=O) groups is 2. The second-order valence-electron chi connectivity index (χ2n) is 8.49. The number of ether oxygens (including phenoxy) is 1. The van der Waals surface area contributed by atoms with Crippen molar-refractivity contribution in [2.45, 2.75) is 25.5 Å². The first-order chi connectivity index (χ1) is 18.5. The number of amides is 2. The van der Waals surface area contributed by atoms with Gasteiger partial charge < -0.3 is 15.2 Å². The molecular weight excluding hydrogens is 505 g/mol. The van der Waals surface area contributed by atoms with Crippen LogP contribution < -0.4 is 15.5 Å². The molecule has 0 heterocycles. The van der Waals surface area contributed by atoms with E-state index in [1.807, 2.05) is 37.3 Å². The molecule has 3 rings (SSSR count). The minimum Gasteiger partial charge on any atom is -0.494 e. The lowest BCUT2D eigenvalue weighted by atomic mass is 10.1. The maximum atomic E-state index is 13.1. The number of thioether (sulfide) groups is 1. The van der Waals surface area contributed by atoms with Gasteiger partial charge in [0.1, 0.15) is 5.75 Å². The van der Waals surface area contributed by atoms with Gasteiger partial charge >= 0.3 is 0 Å². The number of nitrogens with one attached hydrogen (secondary N) is 2. The van der Waals surface area contributed by atoms with Crippen LogP contribution >= 0.6 is 11.8 Å². The second kappa shape index (κ2) is 15.5. The number of aryl methyl sites for hydroxylation is 1. The minimum absolute atomic E-state index is 0.0975. The molecule has 38 heavy (non-hydrogen) atoms. The normalized spacial score (nSPS) is 10.9. The number of carbonyl (C=O) groups excluding carboxylic acids is 2. The summed E-state index contributed by atoms with van der Waals surface area (Å²) in [6, 6.07) is 19.6. The summed E-state index contributed by atoms with van der Waals surface area (Å²) in [5, 5.41) is 15.9. The van der Waals surface area contributed by atoms with Crippen LogP contribution in [0.5, 0.6) is 5.75 Å². The molecular formula is C29H32FN3O4S. The Hall–Kier alpha value is -3.69. The number of rotatable bonds is 14. The summed E-state index contributed by atoms with van der Waals surface area (Å²) in [6.45, 7) is 1.98. The molecule has 0 aliphatic heterocycles. The number of halogens is 1. The third kappa shape index (κ3) is 9.32. The Balaban J connectivity index is 1.77. The number of aliphatic hydroxyl groups excluding tert-OH is 1. The van der Waals surface area contributed by atoms with E-state index in [1.165, 1.54) is 12.3 Å². The van der Waals surface area contributed by atoms with E-state index in [1.54, 1.807) is 42.1 Å². The predicted molar refractivity (Wildman–Crippen MR) is 151 cm³/mol. The third-order valence-electron chi connectivity index (χ3n) is 5.43. The number of alkyl halides is 1. The molecule has 0 bridgehead atoms. The average molecular weight is 538 g/mol. The third-order valence-corrected chi connectivity index (χ3v) is 6.44. The molecule has 0 saturated heterocycles. The van der Waals surface area contributed by atoms with Crippen LogP contribution in [0, 0.1) is 6.92 Å². The lowest BCUT2D eigenvalue weighted by molar-refractivity contribution is 0.0955. The van der Waals surface area contributed by atoms with Crippen molar-refractivity contribution in [2.24, 2.45) is 5.10 Å². The first-order valence-electron chi connectivity index (χ1n) is 12.3. The number of benzene rings is 3. The summed E-state index contributed by atoms with van der Waals surface area (Å²) < 4.78 is 18.1. The molecule has 3 N–H and O–H groups in total. The van der Waals surface area contributed by atoms with Crippen molar-refractivity contribution in [1.82, 2.24) is 5.43 Å². The van der Waals surface area contributed by atoms with Crippen LogP contribution in [0.1, 0.15) is 50.2 Å². The highest BCUT2D eigenvalue weighted by Crippen LogP contribution is 2.24. The van der Waals surface area contributed by atoms with E-state index in [9.17, 15) is 14.0 Å². The monoisotopic (exact) mass is 537 g/mol. The van der Waals surface area contributed by atoms with E-state index in [2.05, 4.69) is 15.8 Å². The Morgan fingerprint density at radius 1 is 1.05 bits per heavy atom. The molecule has 0 aliphatic carbocycles. The lowest BCUT2D eigenvalue weighted by Gasteiger charge is -2.13. The molecule has 3 aromatic carbocycles. The molecule has 7 nitrogen and oxygen atoms in total. The average Bonchev–Trinajstić information content (AvgIpc) is 2.93. The molecule has 0 atom stereocenters. The molecule has 0 saturated carbocycles. The Kier molecular flexibility index (Phi) is 11.8. The van der Waals surface area contributed by atoms with Gasteiger partial charge in [0.25, 0.3) is 11.8 Å². The summed E-state index contributed by atoms with van der Waals surface area (Å²) in [4.78, 5) is 26.1. The van der Waals surface area contributed by atoms with Crippen LogP contribution in [-0.2, 0) is 5.75 Å². The highest BCUT2D eigenvalue weighted by molar-refractivity contribution is 7.98. The summed E-state index contributed by atoms with van der Waals surface area (Å²) in [7, 11) is 0. The van der Waals surface area contributed by atoms with Crippen LogP contribution in [0.25, 0.3) is 0 Å². The fourth-order valence-corrected chi connectivity index (χ4v) is 4.11. The maximum Gasteiger partial charge on any atom is 0.273 e. The lowest BCUT2D eigenvalue weighted by Crippen LogP contribution is -2.21. The van der Waals surface area contributed by atoms with Gasteiger partial charge in [-0.05, 0) is 61.2 Å². The zero-order valence-electron chi connectivity index (χ0n) is 21.3. The molecule has 0 radical (unpaired) electrons. The molecule has 0 fully saturated rings. The standard InChI is InChI=1S/C29H32FN3O4S/c1-21-7-9-22(10-8-21)19-31-33-29(36)26-18-25(37-15-3-2-13-30)11-12-27(26)32-28(35)24-6-4-5-23(17-24)20-38-16-14-34/h4-12,17-19,34H,2-3,13-16,20H2,1H3,(H,32,35)(H,33,36). The van der Waals surface area contributed by atoms with E-state index in [-0.39, 0.29) is 18.1 Å². The smallest absolute Gasteiger partial charge is 0.273 e. The van der Waals surface area contributed by atoms with E-state index in [0.29, 0.717) is 48.0 Å². The van der Waals surface area contributed by atoms with Crippen molar-refractivity contribution < 1.29 is 23.8 Å². The summed E-state index contributed by atoms with van der Waals surface area (Å²) in [6.07, 6.45) is 2.48. The van der Waals surface area contributed by atoms with E-state index in [0.717, 1.165) is 16.7 Å². The van der Waals surface area contributed by atoms with Gasteiger partial charge in [-0.2, -0.15) is 16.9 Å². The van der Waals surface area contributed by atoms with E-state index < -0.39 is 12.6 Å². The second-order valence-corrected chi connectivity index (χ2v) is 9.60. The molecule has 9 heteroatoms. The largest absolute Gasteiger partial charge is 0.494 e.